The fourth-order valence-corrected chi connectivity index (χ4v) is 3.54. The minimum absolute atomic E-state index is 0. The lowest BCUT2D eigenvalue weighted by atomic mass is 10.1. The molecule has 0 amide bonds. The molecule has 2 aromatic heterocycles. The van der Waals surface area contributed by atoms with Crippen molar-refractivity contribution < 1.29 is 4.52 Å². The Bertz CT molecular complexity index is 904. The standard InChI is InChI=1S/C20H25N5OS.HI/c1-13(2)17-10-16(26-25-17)11-22-20(21-4)23-12-18-14(3)24-19(27-18)15-8-6-5-7-9-15;/h5-10,13H,11-12H2,1-4H3,(H2,21,22,23);1H. The molecule has 0 saturated heterocycles. The number of aryl methyl sites for hydroxylation is 1. The first-order valence-corrected chi connectivity index (χ1v) is 9.80. The molecule has 0 fully saturated rings. The van der Waals surface area contributed by atoms with Gasteiger partial charge in [0.05, 0.1) is 24.5 Å². The lowest BCUT2D eigenvalue weighted by molar-refractivity contribution is 0.372. The minimum atomic E-state index is 0. The highest BCUT2D eigenvalue weighted by atomic mass is 127. The van der Waals surface area contributed by atoms with Gasteiger partial charge in [0.2, 0.25) is 0 Å². The van der Waals surface area contributed by atoms with E-state index in [2.05, 4.69) is 46.8 Å². The van der Waals surface area contributed by atoms with Crippen LogP contribution in [0.15, 0.2) is 45.9 Å². The van der Waals surface area contributed by atoms with E-state index in [1.807, 2.05) is 31.2 Å². The van der Waals surface area contributed by atoms with Crippen LogP contribution in [-0.2, 0) is 13.1 Å². The molecular weight excluding hydrogens is 485 g/mol. The number of rotatable bonds is 6. The van der Waals surface area contributed by atoms with Crippen molar-refractivity contribution in [3.05, 3.63) is 58.4 Å². The zero-order valence-electron chi connectivity index (χ0n) is 16.5. The van der Waals surface area contributed by atoms with Crippen LogP contribution in [-0.4, -0.2) is 23.1 Å². The third kappa shape index (κ3) is 5.78. The molecule has 0 atom stereocenters. The molecule has 0 spiro atoms. The number of thiazole rings is 1. The third-order valence-electron chi connectivity index (χ3n) is 4.15. The zero-order valence-corrected chi connectivity index (χ0v) is 19.7. The summed E-state index contributed by atoms with van der Waals surface area (Å²) < 4.78 is 5.35. The topological polar surface area (TPSA) is 75.3 Å². The lowest BCUT2D eigenvalue weighted by Crippen LogP contribution is -2.36. The Morgan fingerprint density at radius 2 is 1.89 bits per heavy atom. The monoisotopic (exact) mass is 511 g/mol. The van der Waals surface area contributed by atoms with Gasteiger partial charge in [0, 0.05) is 23.6 Å². The molecule has 3 rings (SSSR count). The largest absolute Gasteiger partial charge is 0.359 e. The summed E-state index contributed by atoms with van der Waals surface area (Å²) in [6.45, 7) is 7.44. The van der Waals surface area contributed by atoms with Gasteiger partial charge in [0.25, 0.3) is 0 Å². The van der Waals surface area contributed by atoms with Gasteiger partial charge in [-0.25, -0.2) is 4.98 Å². The second kappa shape index (κ2) is 10.6. The molecule has 0 aliphatic heterocycles. The number of aromatic nitrogens is 2. The number of benzene rings is 1. The van der Waals surface area contributed by atoms with Crippen LogP contribution in [0.5, 0.6) is 0 Å². The van der Waals surface area contributed by atoms with Crippen LogP contribution in [0.2, 0.25) is 0 Å². The number of guanidine groups is 1. The summed E-state index contributed by atoms with van der Waals surface area (Å²) in [5, 5.41) is 11.7. The quantitative estimate of drug-likeness (QED) is 0.285. The average molecular weight is 511 g/mol. The maximum atomic E-state index is 5.35. The number of halogens is 1. The van der Waals surface area contributed by atoms with Crippen molar-refractivity contribution in [1.82, 2.24) is 20.8 Å². The maximum Gasteiger partial charge on any atom is 0.191 e. The van der Waals surface area contributed by atoms with E-state index in [0.717, 1.165) is 27.7 Å². The number of aliphatic imine (C=N–C) groups is 1. The van der Waals surface area contributed by atoms with Crippen molar-refractivity contribution in [3.63, 3.8) is 0 Å². The molecule has 2 N–H and O–H groups in total. The Balaban J connectivity index is 0.00000280. The van der Waals surface area contributed by atoms with Gasteiger partial charge in [-0.05, 0) is 12.8 Å². The lowest BCUT2D eigenvalue weighted by Gasteiger charge is -2.09. The van der Waals surface area contributed by atoms with E-state index < -0.39 is 0 Å². The van der Waals surface area contributed by atoms with Gasteiger partial charge < -0.3 is 15.2 Å². The smallest absolute Gasteiger partial charge is 0.191 e. The van der Waals surface area contributed by atoms with Crippen LogP contribution >= 0.6 is 35.3 Å². The van der Waals surface area contributed by atoms with E-state index >= 15 is 0 Å². The molecule has 8 heteroatoms. The predicted octanol–water partition coefficient (Wildman–Crippen LogP) is 4.71. The molecule has 0 unspecified atom stereocenters. The Morgan fingerprint density at radius 3 is 2.54 bits per heavy atom. The van der Waals surface area contributed by atoms with Gasteiger partial charge >= 0.3 is 0 Å². The van der Waals surface area contributed by atoms with E-state index in [1.165, 1.54) is 4.88 Å². The molecule has 2 heterocycles. The highest BCUT2D eigenvalue weighted by molar-refractivity contribution is 14.0. The van der Waals surface area contributed by atoms with Crippen molar-refractivity contribution in [3.8, 4) is 10.6 Å². The van der Waals surface area contributed by atoms with E-state index in [-0.39, 0.29) is 24.0 Å². The van der Waals surface area contributed by atoms with Crippen LogP contribution in [0, 0.1) is 6.92 Å². The molecule has 0 aliphatic rings. The molecule has 3 aromatic rings. The van der Waals surface area contributed by atoms with E-state index in [9.17, 15) is 0 Å². The third-order valence-corrected chi connectivity index (χ3v) is 5.36. The summed E-state index contributed by atoms with van der Waals surface area (Å²) in [5.41, 5.74) is 3.15. The van der Waals surface area contributed by atoms with Crippen LogP contribution in [0.1, 0.15) is 41.8 Å². The highest BCUT2D eigenvalue weighted by Crippen LogP contribution is 2.27. The van der Waals surface area contributed by atoms with Crippen molar-refractivity contribution >= 4 is 41.3 Å². The molecule has 0 saturated carbocycles. The fraction of sp³-hybridized carbons (Fsp3) is 0.350. The molecule has 6 nitrogen and oxygen atoms in total. The van der Waals surface area contributed by atoms with Gasteiger partial charge in [0.15, 0.2) is 11.7 Å². The van der Waals surface area contributed by atoms with Gasteiger partial charge in [-0.1, -0.05) is 49.3 Å². The molecule has 150 valence electrons. The van der Waals surface area contributed by atoms with Crippen LogP contribution in [0.4, 0.5) is 0 Å². The van der Waals surface area contributed by atoms with Crippen molar-refractivity contribution in [2.45, 2.75) is 39.8 Å². The first-order valence-electron chi connectivity index (χ1n) is 8.98. The molecule has 1 aromatic carbocycles. The summed E-state index contributed by atoms with van der Waals surface area (Å²) >= 11 is 1.70. The Hall–Kier alpha value is -1.94. The van der Waals surface area contributed by atoms with Crippen LogP contribution in [0.3, 0.4) is 0 Å². The summed E-state index contributed by atoms with van der Waals surface area (Å²) in [6, 6.07) is 12.2. The maximum absolute atomic E-state index is 5.35. The van der Waals surface area contributed by atoms with Gasteiger partial charge in [0.1, 0.15) is 5.01 Å². The second-order valence-electron chi connectivity index (χ2n) is 6.55. The summed E-state index contributed by atoms with van der Waals surface area (Å²) in [5.74, 6) is 1.86. The predicted molar refractivity (Wildman–Crippen MR) is 125 cm³/mol. The van der Waals surface area contributed by atoms with Crippen molar-refractivity contribution in [2.75, 3.05) is 7.05 Å². The van der Waals surface area contributed by atoms with Crippen LogP contribution in [0.25, 0.3) is 10.6 Å². The number of nitrogens with one attached hydrogen (secondary N) is 2. The van der Waals surface area contributed by atoms with Gasteiger partial charge in [-0.2, -0.15) is 0 Å². The normalized spacial score (nSPS) is 11.4. The van der Waals surface area contributed by atoms with E-state index in [1.54, 1.807) is 18.4 Å². The Morgan fingerprint density at radius 1 is 1.18 bits per heavy atom. The summed E-state index contributed by atoms with van der Waals surface area (Å²) in [7, 11) is 1.75. The van der Waals surface area contributed by atoms with Gasteiger partial charge in [-0.15, -0.1) is 35.3 Å². The molecular formula is C20H26IN5OS. The van der Waals surface area contributed by atoms with E-state index in [0.29, 0.717) is 25.0 Å². The minimum Gasteiger partial charge on any atom is -0.359 e. The summed E-state index contributed by atoms with van der Waals surface area (Å²) in [4.78, 5) is 10.2. The Labute approximate surface area is 186 Å². The zero-order chi connectivity index (χ0) is 19.2. The molecule has 0 radical (unpaired) electrons. The first-order chi connectivity index (χ1) is 13.1. The highest BCUT2D eigenvalue weighted by Gasteiger charge is 2.11. The van der Waals surface area contributed by atoms with Crippen molar-refractivity contribution in [1.29, 1.82) is 0 Å². The number of hydrogen-bond acceptors (Lipinski definition) is 5. The van der Waals surface area contributed by atoms with E-state index in [4.69, 9.17) is 9.51 Å². The molecule has 28 heavy (non-hydrogen) atoms. The Kier molecular flexibility index (Phi) is 8.43. The van der Waals surface area contributed by atoms with Crippen LogP contribution < -0.4 is 10.6 Å². The molecule has 0 aliphatic carbocycles. The number of nitrogens with zero attached hydrogens (tertiary/aromatic N) is 3. The SMILES string of the molecule is CN=C(NCc1cc(C(C)C)no1)NCc1sc(-c2ccccc2)nc1C.I. The average Bonchev–Trinajstić information content (AvgIpc) is 3.30. The fourth-order valence-electron chi connectivity index (χ4n) is 2.54. The van der Waals surface area contributed by atoms with Gasteiger partial charge in [-0.3, -0.25) is 4.99 Å². The number of hydrogen-bond donors (Lipinski definition) is 2. The van der Waals surface area contributed by atoms with Crippen molar-refractivity contribution in [2.24, 2.45) is 4.99 Å². The summed E-state index contributed by atoms with van der Waals surface area (Å²) in [6.07, 6.45) is 0. The first kappa shape index (κ1) is 22.4. The molecule has 0 bridgehead atoms. The second-order valence-corrected chi connectivity index (χ2v) is 7.63.